The zero-order valence-corrected chi connectivity index (χ0v) is 13.6. The lowest BCUT2D eigenvalue weighted by Crippen LogP contribution is -2.53. The Balaban J connectivity index is 2.31. The standard InChI is InChI=1S/C15H23BrN2O/c1-4-17-10-12-9-13(16)5-6-14(12)18-7-8-19-11-15(18,2)3/h5-6,9,17H,4,7-8,10-11H2,1-3H3. The molecule has 1 saturated heterocycles. The number of hydrogen-bond donors (Lipinski definition) is 1. The first kappa shape index (κ1) is 14.8. The largest absolute Gasteiger partial charge is 0.377 e. The third-order valence-electron chi connectivity index (χ3n) is 3.54. The maximum atomic E-state index is 5.61. The number of nitrogens with zero attached hydrogens (tertiary/aromatic N) is 1. The van der Waals surface area contributed by atoms with Crippen LogP contribution in [0.2, 0.25) is 0 Å². The summed E-state index contributed by atoms with van der Waals surface area (Å²) in [7, 11) is 0. The number of ether oxygens (including phenoxy) is 1. The highest BCUT2D eigenvalue weighted by molar-refractivity contribution is 9.10. The summed E-state index contributed by atoms with van der Waals surface area (Å²) < 4.78 is 6.75. The monoisotopic (exact) mass is 326 g/mol. The topological polar surface area (TPSA) is 24.5 Å². The van der Waals surface area contributed by atoms with Crippen LogP contribution in [-0.4, -0.2) is 31.8 Å². The maximum absolute atomic E-state index is 5.61. The fourth-order valence-electron chi connectivity index (χ4n) is 2.52. The molecular formula is C15H23BrN2O. The molecule has 0 amide bonds. The molecular weight excluding hydrogens is 304 g/mol. The van der Waals surface area contributed by atoms with E-state index in [1.807, 2.05) is 0 Å². The third kappa shape index (κ3) is 3.50. The molecule has 1 aromatic rings. The Labute approximate surface area is 124 Å². The summed E-state index contributed by atoms with van der Waals surface area (Å²) in [5, 5.41) is 3.42. The van der Waals surface area contributed by atoms with Gasteiger partial charge in [-0.15, -0.1) is 0 Å². The minimum atomic E-state index is 0.0487. The first-order valence-electron chi connectivity index (χ1n) is 6.89. The lowest BCUT2D eigenvalue weighted by Gasteiger charge is -2.44. The molecule has 19 heavy (non-hydrogen) atoms. The van der Waals surface area contributed by atoms with E-state index in [9.17, 15) is 0 Å². The molecule has 1 N–H and O–H groups in total. The molecule has 3 nitrogen and oxygen atoms in total. The van der Waals surface area contributed by atoms with Crippen LogP contribution in [0, 0.1) is 0 Å². The number of benzene rings is 1. The Bertz CT molecular complexity index is 434. The van der Waals surface area contributed by atoms with Crippen molar-refractivity contribution in [3.8, 4) is 0 Å². The minimum Gasteiger partial charge on any atom is -0.377 e. The van der Waals surface area contributed by atoms with E-state index in [1.165, 1.54) is 11.3 Å². The summed E-state index contributed by atoms with van der Waals surface area (Å²) in [5.74, 6) is 0. The minimum absolute atomic E-state index is 0.0487. The number of nitrogens with one attached hydrogen (secondary N) is 1. The van der Waals surface area contributed by atoms with Crippen molar-refractivity contribution in [3.63, 3.8) is 0 Å². The normalized spacial score (nSPS) is 18.6. The molecule has 1 heterocycles. The van der Waals surface area contributed by atoms with Gasteiger partial charge in [-0.05, 0) is 44.2 Å². The van der Waals surface area contributed by atoms with Gasteiger partial charge in [-0.2, -0.15) is 0 Å². The Hall–Kier alpha value is -0.580. The SMILES string of the molecule is CCNCc1cc(Br)ccc1N1CCOCC1(C)C. The highest BCUT2D eigenvalue weighted by Gasteiger charge is 2.31. The van der Waals surface area contributed by atoms with Crippen molar-refractivity contribution in [2.45, 2.75) is 32.9 Å². The molecule has 1 fully saturated rings. The molecule has 0 unspecified atom stereocenters. The van der Waals surface area contributed by atoms with Gasteiger partial charge in [0, 0.05) is 23.2 Å². The van der Waals surface area contributed by atoms with Gasteiger partial charge in [0.25, 0.3) is 0 Å². The first-order valence-corrected chi connectivity index (χ1v) is 7.68. The molecule has 4 heteroatoms. The average molecular weight is 327 g/mol. The summed E-state index contributed by atoms with van der Waals surface area (Å²) in [5.41, 5.74) is 2.70. The van der Waals surface area contributed by atoms with Crippen molar-refractivity contribution in [1.29, 1.82) is 0 Å². The van der Waals surface area contributed by atoms with E-state index in [4.69, 9.17) is 4.74 Å². The number of morpholine rings is 1. The molecule has 0 atom stereocenters. The molecule has 106 valence electrons. The van der Waals surface area contributed by atoms with Crippen LogP contribution in [0.5, 0.6) is 0 Å². The lowest BCUT2D eigenvalue weighted by atomic mass is 9.99. The Morgan fingerprint density at radius 3 is 2.89 bits per heavy atom. The van der Waals surface area contributed by atoms with Crippen molar-refractivity contribution >= 4 is 21.6 Å². The van der Waals surface area contributed by atoms with Crippen LogP contribution in [0.1, 0.15) is 26.3 Å². The van der Waals surface area contributed by atoms with Crippen LogP contribution in [0.4, 0.5) is 5.69 Å². The van der Waals surface area contributed by atoms with Gasteiger partial charge in [0.2, 0.25) is 0 Å². The second-order valence-corrected chi connectivity index (χ2v) is 6.49. The molecule has 2 rings (SSSR count). The molecule has 0 radical (unpaired) electrons. The Morgan fingerprint density at radius 1 is 1.42 bits per heavy atom. The average Bonchev–Trinajstić information content (AvgIpc) is 2.37. The second kappa shape index (κ2) is 6.25. The highest BCUT2D eigenvalue weighted by atomic mass is 79.9. The fraction of sp³-hybridized carbons (Fsp3) is 0.600. The van der Waals surface area contributed by atoms with Crippen LogP contribution in [0.15, 0.2) is 22.7 Å². The zero-order chi connectivity index (χ0) is 13.9. The van der Waals surface area contributed by atoms with Gasteiger partial charge < -0.3 is 15.0 Å². The summed E-state index contributed by atoms with van der Waals surface area (Å²) in [6.45, 7) is 11.0. The van der Waals surface area contributed by atoms with E-state index in [2.05, 4.69) is 65.1 Å². The van der Waals surface area contributed by atoms with Crippen LogP contribution >= 0.6 is 15.9 Å². The van der Waals surface area contributed by atoms with Crippen molar-refractivity contribution in [1.82, 2.24) is 5.32 Å². The summed E-state index contributed by atoms with van der Waals surface area (Å²) >= 11 is 3.57. The molecule has 1 aliphatic heterocycles. The van der Waals surface area contributed by atoms with E-state index < -0.39 is 0 Å². The van der Waals surface area contributed by atoms with Crippen molar-refractivity contribution in [2.75, 3.05) is 31.2 Å². The smallest absolute Gasteiger partial charge is 0.0694 e. The quantitative estimate of drug-likeness (QED) is 0.919. The zero-order valence-electron chi connectivity index (χ0n) is 12.0. The maximum Gasteiger partial charge on any atom is 0.0694 e. The predicted octanol–water partition coefficient (Wildman–Crippen LogP) is 3.17. The second-order valence-electron chi connectivity index (χ2n) is 5.57. The van der Waals surface area contributed by atoms with Gasteiger partial charge in [0.05, 0.1) is 18.8 Å². The van der Waals surface area contributed by atoms with E-state index in [-0.39, 0.29) is 5.54 Å². The Morgan fingerprint density at radius 2 is 2.21 bits per heavy atom. The van der Waals surface area contributed by atoms with Crippen molar-refractivity contribution in [2.24, 2.45) is 0 Å². The van der Waals surface area contributed by atoms with Gasteiger partial charge in [-0.1, -0.05) is 22.9 Å². The van der Waals surface area contributed by atoms with Gasteiger partial charge in [-0.25, -0.2) is 0 Å². The molecule has 0 saturated carbocycles. The molecule has 0 bridgehead atoms. The van der Waals surface area contributed by atoms with Crippen LogP contribution in [-0.2, 0) is 11.3 Å². The van der Waals surface area contributed by atoms with Crippen LogP contribution in [0.3, 0.4) is 0 Å². The molecule has 0 aliphatic carbocycles. The van der Waals surface area contributed by atoms with Gasteiger partial charge in [0.15, 0.2) is 0 Å². The Kier molecular flexibility index (Phi) is 4.87. The molecule has 0 spiro atoms. The van der Waals surface area contributed by atoms with Crippen molar-refractivity contribution in [3.05, 3.63) is 28.2 Å². The van der Waals surface area contributed by atoms with Gasteiger partial charge >= 0.3 is 0 Å². The van der Waals surface area contributed by atoms with E-state index >= 15 is 0 Å². The molecule has 0 aromatic heterocycles. The summed E-state index contributed by atoms with van der Waals surface area (Å²) in [6.07, 6.45) is 0. The number of halogens is 1. The lowest BCUT2D eigenvalue weighted by molar-refractivity contribution is 0.0643. The van der Waals surface area contributed by atoms with E-state index in [1.54, 1.807) is 0 Å². The number of anilines is 1. The van der Waals surface area contributed by atoms with Crippen LogP contribution < -0.4 is 10.2 Å². The van der Waals surface area contributed by atoms with Gasteiger partial charge in [0.1, 0.15) is 0 Å². The van der Waals surface area contributed by atoms with Crippen LogP contribution in [0.25, 0.3) is 0 Å². The van der Waals surface area contributed by atoms with E-state index in [0.29, 0.717) is 0 Å². The molecule has 1 aliphatic rings. The highest BCUT2D eigenvalue weighted by Crippen LogP contribution is 2.31. The summed E-state index contributed by atoms with van der Waals surface area (Å²) in [4.78, 5) is 2.47. The predicted molar refractivity (Wildman–Crippen MR) is 83.8 cm³/mol. The van der Waals surface area contributed by atoms with E-state index in [0.717, 1.165) is 37.3 Å². The van der Waals surface area contributed by atoms with Gasteiger partial charge in [-0.3, -0.25) is 0 Å². The number of rotatable bonds is 4. The number of hydrogen-bond acceptors (Lipinski definition) is 3. The first-order chi connectivity index (χ1) is 9.04. The molecule has 1 aromatic carbocycles. The third-order valence-corrected chi connectivity index (χ3v) is 4.04. The summed E-state index contributed by atoms with van der Waals surface area (Å²) in [6, 6.07) is 6.55. The van der Waals surface area contributed by atoms with Crippen molar-refractivity contribution < 1.29 is 4.74 Å². The fourth-order valence-corrected chi connectivity index (χ4v) is 2.93.